The Morgan fingerprint density at radius 2 is 1.96 bits per heavy atom. The Morgan fingerprint density at radius 1 is 1.28 bits per heavy atom. The number of hydrogen-bond donors (Lipinski definition) is 3. The quantitative estimate of drug-likeness (QED) is 0.722. The molecule has 3 N–H and O–H groups in total. The van der Waals surface area contributed by atoms with Crippen LogP contribution in [0.5, 0.6) is 0 Å². The summed E-state index contributed by atoms with van der Waals surface area (Å²) in [6.07, 6.45) is 0. The monoisotopic (exact) mass is 364 g/mol. The fraction of sp³-hybridized carbons (Fsp3) is 0.125. The van der Waals surface area contributed by atoms with Crippen molar-refractivity contribution in [3.05, 3.63) is 51.8 Å². The summed E-state index contributed by atoms with van der Waals surface area (Å²) < 4.78 is 38.8. The van der Waals surface area contributed by atoms with Gasteiger partial charge in [-0.25, -0.2) is 17.6 Å². The van der Waals surface area contributed by atoms with Crippen LogP contribution in [-0.4, -0.2) is 30.4 Å². The molecule has 2 aromatic rings. The third-order valence-corrected chi connectivity index (χ3v) is 5.45. The number of benzene rings is 1. The Labute approximate surface area is 142 Å². The van der Waals surface area contributed by atoms with Crippen LogP contribution in [0.3, 0.4) is 0 Å². The number of carbonyl (C=O) groups excluding carboxylic acids is 1. The molecule has 1 aliphatic rings. The zero-order valence-electron chi connectivity index (χ0n) is 13.2. The molecule has 1 amide bonds. The minimum absolute atomic E-state index is 0.0414. The third kappa shape index (κ3) is 2.72. The summed E-state index contributed by atoms with van der Waals surface area (Å²) in [4.78, 5) is 25.8. The molecule has 3 rings (SSSR count). The average molecular weight is 364 g/mol. The number of carboxylic acid groups (broad SMARTS) is 1. The zero-order chi connectivity index (χ0) is 18.5. The van der Waals surface area contributed by atoms with Crippen molar-refractivity contribution in [2.24, 2.45) is 0 Å². The number of H-pyrrole nitrogens is 1. The summed E-state index contributed by atoms with van der Waals surface area (Å²) >= 11 is 0. The summed E-state index contributed by atoms with van der Waals surface area (Å²) in [5, 5.41) is 12.0. The zero-order valence-corrected chi connectivity index (χ0v) is 14.0. The van der Waals surface area contributed by atoms with Crippen molar-refractivity contribution in [1.29, 1.82) is 0 Å². The Hall–Kier alpha value is -2.94. The first-order chi connectivity index (χ1) is 11.6. The molecule has 2 heterocycles. The Morgan fingerprint density at radius 3 is 2.56 bits per heavy atom. The predicted octanol–water partition coefficient (Wildman–Crippen LogP) is 2.24. The van der Waals surface area contributed by atoms with Crippen molar-refractivity contribution in [3.8, 4) is 0 Å². The molecule has 0 atom stereocenters. The minimum Gasteiger partial charge on any atom is -0.478 e. The van der Waals surface area contributed by atoms with Crippen LogP contribution >= 0.6 is 0 Å². The number of fused-ring (bicyclic) bond motifs is 1. The van der Waals surface area contributed by atoms with E-state index in [1.54, 1.807) is 0 Å². The van der Waals surface area contributed by atoms with E-state index >= 15 is 0 Å². The SMILES string of the molecule is Cc1[nH]c(S(=O)(=O)C=C2C(=O)Nc3ccc(F)cc32)c(C)c1C(=O)O. The first-order valence-electron chi connectivity index (χ1n) is 7.12. The largest absolute Gasteiger partial charge is 0.478 e. The number of aromatic amines is 1. The molecule has 7 nitrogen and oxygen atoms in total. The molecule has 130 valence electrons. The van der Waals surface area contributed by atoms with Gasteiger partial charge in [-0.05, 0) is 32.0 Å². The number of carboxylic acids is 1. The highest BCUT2D eigenvalue weighted by molar-refractivity contribution is 7.94. The first kappa shape index (κ1) is 16.9. The molecule has 0 unspecified atom stereocenters. The molecule has 1 aliphatic heterocycles. The second kappa shape index (κ2) is 5.55. The van der Waals surface area contributed by atoms with E-state index in [2.05, 4.69) is 10.3 Å². The number of nitrogens with one attached hydrogen (secondary N) is 2. The number of rotatable bonds is 3. The highest BCUT2D eigenvalue weighted by atomic mass is 32.2. The van der Waals surface area contributed by atoms with E-state index in [9.17, 15) is 27.5 Å². The van der Waals surface area contributed by atoms with Gasteiger partial charge in [0.1, 0.15) is 10.8 Å². The maximum Gasteiger partial charge on any atom is 0.337 e. The number of anilines is 1. The summed E-state index contributed by atoms with van der Waals surface area (Å²) in [7, 11) is -4.16. The molecule has 0 saturated carbocycles. The number of aromatic nitrogens is 1. The summed E-state index contributed by atoms with van der Waals surface area (Å²) in [6.45, 7) is 2.80. The van der Waals surface area contributed by atoms with E-state index in [0.29, 0.717) is 5.69 Å². The minimum atomic E-state index is -4.16. The number of halogens is 1. The molecular weight excluding hydrogens is 351 g/mol. The molecule has 1 aromatic carbocycles. The van der Waals surface area contributed by atoms with E-state index in [0.717, 1.165) is 17.5 Å². The highest BCUT2D eigenvalue weighted by Crippen LogP contribution is 2.34. The van der Waals surface area contributed by atoms with Crippen LogP contribution in [-0.2, 0) is 14.6 Å². The molecule has 25 heavy (non-hydrogen) atoms. The number of sulfone groups is 1. The lowest BCUT2D eigenvalue weighted by Crippen LogP contribution is -2.07. The van der Waals surface area contributed by atoms with E-state index in [1.165, 1.54) is 19.9 Å². The second-order valence-corrected chi connectivity index (χ2v) is 7.34. The lowest BCUT2D eigenvalue weighted by molar-refractivity contribution is -0.110. The van der Waals surface area contributed by atoms with Crippen molar-refractivity contribution in [3.63, 3.8) is 0 Å². The molecule has 0 fully saturated rings. The van der Waals surface area contributed by atoms with Gasteiger partial charge in [-0.1, -0.05) is 0 Å². The van der Waals surface area contributed by atoms with Crippen LogP contribution in [0.1, 0.15) is 27.2 Å². The van der Waals surface area contributed by atoms with Gasteiger partial charge in [-0.3, -0.25) is 4.79 Å². The van der Waals surface area contributed by atoms with Crippen molar-refractivity contribution in [2.45, 2.75) is 18.9 Å². The van der Waals surface area contributed by atoms with E-state index in [4.69, 9.17) is 0 Å². The van der Waals surface area contributed by atoms with Gasteiger partial charge in [0.15, 0.2) is 0 Å². The average Bonchev–Trinajstić information content (AvgIpc) is 2.97. The summed E-state index contributed by atoms with van der Waals surface area (Å²) in [6, 6.07) is 3.54. The smallest absolute Gasteiger partial charge is 0.337 e. The Balaban J connectivity index is 2.17. The van der Waals surface area contributed by atoms with Crippen LogP contribution in [0, 0.1) is 19.7 Å². The van der Waals surface area contributed by atoms with Gasteiger partial charge >= 0.3 is 5.97 Å². The van der Waals surface area contributed by atoms with Gasteiger partial charge in [0.2, 0.25) is 9.84 Å². The fourth-order valence-electron chi connectivity index (χ4n) is 2.82. The number of aryl methyl sites for hydroxylation is 1. The molecule has 0 aliphatic carbocycles. The van der Waals surface area contributed by atoms with Gasteiger partial charge in [-0.15, -0.1) is 0 Å². The maximum absolute atomic E-state index is 13.4. The topological polar surface area (TPSA) is 116 Å². The normalized spacial score (nSPS) is 15.3. The molecular formula is C16H13FN2O5S. The highest BCUT2D eigenvalue weighted by Gasteiger charge is 2.30. The van der Waals surface area contributed by atoms with Gasteiger partial charge in [-0.2, -0.15) is 0 Å². The molecule has 1 aromatic heterocycles. The molecule has 0 bridgehead atoms. The van der Waals surface area contributed by atoms with E-state index in [1.807, 2.05) is 0 Å². The van der Waals surface area contributed by atoms with Gasteiger partial charge in [0.05, 0.1) is 16.5 Å². The molecule has 0 radical (unpaired) electrons. The molecule has 9 heteroatoms. The fourth-order valence-corrected chi connectivity index (χ4v) is 4.30. The van der Waals surface area contributed by atoms with Crippen molar-refractivity contribution in [1.82, 2.24) is 4.98 Å². The lowest BCUT2D eigenvalue weighted by atomic mass is 10.1. The van der Waals surface area contributed by atoms with Gasteiger partial charge in [0.25, 0.3) is 5.91 Å². The van der Waals surface area contributed by atoms with Crippen LogP contribution in [0.15, 0.2) is 28.6 Å². The lowest BCUT2D eigenvalue weighted by Gasteiger charge is -2.01. The number of aromatic carboxylic acids is 1. The maximum atomic E-state index is 13.4. The third-order valence-electron chi connectivity index (χ3n) is 3.93. The van der Waals surface area contributed by atoms with E-state index in [-0.39, 0.29) is 33.0 Å². The van der Waals surface area contributed by atoms with Crippen molar-refractivity contribution < 1.29 is 27.5 Å². The Kier molecular flexibility index (Phi) is 3.76. The summed E-state index contributed by atoms with van der Waals surface area (Å²) in [5.74, 6) is -2.55. The summed E-state index contributed by atoms with van der Waals surface area (Å²) in [5.41, 5.74) is 0.313. The molecule has 0 saturated heterocycles. The van der Waals surface area contributed by atoms with Crippen LogP contribution in [0.2, 0.25) is 0 Å². The number of hydrogen-bond acceptors (Lipinski definition) is 4. The number of carbonyl (C=O) groups is 2. The van der Waals surface area contributed by atoms with Gasteiger partial charge in [0, 0.05) is 22.5 Å². The standard InChI is InChI=1S/C16H13FN2O5S/c1-7-13(16(21)22)8(2)18-15(7)25(23,24)6-11-10-5-9(17)3-4-12(10)19-14(11)20/h3-6,18H,1-2H3,(H,19,20)(H,21,22). The van der Waals surface area contributed by atoms with Crippen LogP contribution in [0.4, 0.5) is 10.1 Å². The number of amides is 1. The molecule has 0 spiro atoms. The predicted molar refractivity (Wildman–Crippen MR) is 87.4 cm³/mol. The van der Waals surface area contributed by atoms with Crippen molar-refractivity contribution in [2.75, 3.05) is 5.32 Å². The van der Waals surface area contributed by atoms with Crippen LogP contribution in [0.25, 0.3) is 5.57 Å². The van der Waals surface area contributed by atoms with E-state index < -0.39 is 27.5 Å². The second-order valence-electron chi connectivity index (χ2n) is 5.60. The first-order valence-corrected chi connectivity index (χ1v) is 8.67. The van der Waals surface area contributed by atoms with Crippen LogP contribution < -0.4 is 5.32 Å². The van der Waals surface area contributed by atoms with Gasteiger partial charge < -0.3 is 15.4 Å². The Bertz CT molecular complexity index is 1070. The van der Waals surface area contributed by atoms with Crippen molar-refractivity contribution >= 4 is 33.0 Å².